The highest BCUT2D eigenvalue weighted by atomic mass is 79.9. The molecule has 0 aliphatic heterocycles. The normalized spacial score (nSPS) is 12.7. The number of pyridine rings is 1. The fraction of sp³-hybridized carbons (Fsp3) is 0.182. The molecule has 0 saturated carbocycles. The molecule has 15 heavy (non-hydrogen) atoms. The number of nitrogens with zero attached hydrogens (tertiary/aromatic N) is 1. The van der Waals surface area contributed by atoms with E-state index in [1.165, 1.54) is 11.1 Å². The Morgan fingerprint density at radius 3 is 2.67 bits per heavy atom. The molecule has 2 rings (SSSR count). The number of rotatable bonds is 3. The van der Waals surface area contributed by atoms with E-state index in [1.807, 2.05) is 12.1 Å². The topological polar surface area (TPSA) is 38.9 Å². The predicted molar refractivity (Wildman–Crippen MR) is 66.9 cm³/mol. The Bertz CT molecular complexity index is 427. The van der Waals surface area contributed by atoms with Crippen LogP contribution in [0.3, 0.4) is 0 Å². The van der Waals surface area contributed by atoms with Crippen molar-refractivity contribution in [2.45, 2.75) is 12.5 Å². The van der Waals surface area contributed by atoms with Crippen molar-refractivity contribution in [3.63, 3.8) is 0 Å². The molecule has 0 saturated heterocycles. The van der Waals surface area contributed by atoms with E-state index in [0.29, 0.717) is 0 Å². The van der Waals surface area contributed by atoms with Gasteiger partial charge in [0.05, 0.1) is 0 Å². The molecule has 0 aromatic carbocycles. The van der Waals surface area contributed by atoms with Gasteiger partial charge < -0.3 is 5.73 Å². The Balaban J connectivity index is 2.11. The number of hydrogen-bond donors (Lipinski definition) is 1. The molecular weight excluding hydrogens is 272 g/mol. The number of halogens is 1. The predicted octanol–water partition coefficient (Wildman–Crippen LogP) is 3.15. The molecule has 0 amide bonds. The van der Waals surface area contributed by atoms with Gasteiger partial charge in [-0.15, -0.1) is 0 Å². The molecule has 0 fully saturated rings. The second-order valence-corrected chi connectivity index (χ2v) is 4.94. The molecule has 2 heterocycles. The van der Waals surface area contributed by atoms with Gasteiger partial charge in [0.15, 0.2) is 0 Å². The number of aromatic nitrogens is 1. The van der Waals surface area contributed by atoms with E-state index in [0.717, 1.165) is 10.9 Å². The minimum Gasteiger partial charge on any atom is -0.324 e. The SMILES string of the molecule is NC(Cc1ccncc1)c1cscc1Br. The fourth-order valence-corrected chi connectivity index (χ4v) is 3.09. The number of thiophene rings is 1. The summed E-state index contributed by atoms with van der Waals surface area (Å²) in [5.74, 6) is 0. The van der Waals surface area contributed by atoms with Gasteiger partial charge in [0.25, 0.3) is 0 Å². The first-order valence-corrected chi connectivity index (χ1v) is 6.37. The quantitative estimate of drug-likeness (QED) is 0.939. The van der Waals surface area contributed by atoms with E-state index < -0.39 is 0 Å². The summed E-state index contributed by atoms with van der Waals surface area (Å²) in [7, 11) is 0. The Labute approximate surface area is 101 Å². The Morgan fingerprint density at radius 2 is 2.07 bits per heavy atom. The molecule has 0 radical (unpaired) electrons. The molecule has 78 valence electrons. The summed E-state index contributed by atoms with van der Waals surface area (Å²) >= 11 is 5.16. The van der Waals surface area contributed by atoms with Crippen LogP contribution in [0.1, 0.15) is 17.2 Å². The van der Waals surface area contributed by atoms with E-state index in [1.54, 1.807) is 23.7 Å². The van der Waals surface area contributed by atoms with Crippen molar-refractivity contribution >= 4 is 27.3 Å². The van der Waals surface area contributed by atoms with Crippen molar-refractivity contribution in [1.29, 1.82) is 0 Å². The van der Waals surface area contributed by atoms with Crippen molar-refractivity contribution in [3.05, 3.63) is 50.9 Å². The Kier molecular flexibility index (Phi) is 3.51. The summed E-state index contributed by atoms with van der Waals surface area (Å²) < 4.78 is 1.11. The summed E-state index contributed by atoms with van der Waals surface area (Å²) in [5.41, 5.74) is 8.52. The van der Waals surface area contributed by atoms with Gasteiger partial charge in [0.1, 0.15) is 0 Å². The molecule has 4 heteroatoms. The van der Waals surface area contributed by atoms with Crippen molar-refractivity contribution < 1.29 is 0 Å². The zero-order chi connectivity index (χ0) is 10.7. The van der Waals surface area contributed by atoms with Crippen LogP contribution < -0.4 is 5.73 Å². The minimum absolute atomic E-state index is 0.0491. The van der Waals surface area contributed by atoms with Crippen LogP contribution in [0.15, 0.2) is 39.8 Å². The monoisotopic (exact) mass is 282 g/mol. The van der Waals surface area contributed by atoms with Gasteiger partial charge in [-0.2, -0.15) is 11.3 Å². The highest BCUT2D eigenvalue weighted by Crippen LogP contribution is 2.27. The Morgan fingerprint density at radius 1 is 1.33 bits per heavy atom. The zero-order valence-corrected chi connectivity index (χ0v) is 10.5. The summed E-state index contributed by atoms with van der Waals surface area (Å²) in [6, 6.07) is 4.05. The smallest absolute Gasteiger partial charge is 0.0355 e. The molecule has 1 atom stereocenters. The van der Waals surface area contributed by atoms with Crippen molar-refractivity contribution in [1.82, 2.24) is 4.98 Å². The molecule has 2 N–H and O–H groups in total. The maximum atomic E-state index is 6.13. The summed E-state index contributed by atoms with van der Waals surface area (Å²) in [4.78, 5) is 3.98. The van der Waals surface area contributed by atoms with Crippen LogP contribution in [0.25, 0.3) is 0 Å². The van der Waals surface area contributed by atoms with Gasteiger partial charge in [-0.05, 0) is 51.0 Å². The molecule has 0 spiro atoms. The average Bonchev–Trinajstić information content (AvgIpc) is 2.66. The van der Waals surface area contributed by atoms with E-state index in [2.05, 4.69) is 31.7 Å². The van der Waals surface area contributed by atoms with E-state index >= 15 is 0 Å². The summed E-state index contributed by atoms with van der Waals surface area (Å²) in [6.07, 6.45) is 4.44. The molecule has 2 aromatic rings. The van der Waals surface area contributed by atoms with Crippen molar-refractivity contribution in [2.24, 2.45) is 5.73 Å². The molecular formula is C11H11BrN2S. The first-order chi connectivity index (χ1) is 7.27. The third-order valence-corrected chi connectivity index (χ3v) is 4.00. The van der Waals surface area contributed by atoms with Gasteiger partial charge in [-0.3, -0.25) is 4.98 Å². The molecule has 0 aliphatic rings. The van der Waals surface area contributed by atoms with E-state index in [-0.39, 0.29) is 6.04 Å². The third-order valence-electron chi connectivity index (χ3n) is 2.25. The van der Waals surface area contributed by atoms with Crippen LogP contribution >= 0.6 is 27.3 Å². The molecule has 2 nitrogen and oxygen atoms in total. The average molecular weight is 283 g/mol. The van der Waals surface area contributed by atoms with Crippen molar-refractivity contribution in [2.75, 3.05) is 0 Å². The lowest BCUT2D eigenvalue weighted by Gasteiger charge is -2.10. The van der Waals surface area contributed by atoms with Gasteiger partial charge in [0, 0.05) is 28.3 Å². The third kappa shape index (κ3) is 2.65. The van der Waals surface area contributed by atoms with Gasteiger partial charge in [-0.1, -0.05) is 0 Å². The van der Waals surface area contributed by atoms with Crippen molar-refractivity contribution in [3.8, 4) is 0 Å². The fourth-order valence-electron chi connectivity index (χ4n) is 1.44. The number of hydrogen-bond acceptors (Lipinski definition) is 3. The van der Waals surface area contributed by atoms with Gasteiger partial charge in [-0.25, -0.2) is 0 Å². The van der Waals surface area contributed by atoms with Crippen LogP contribution in [0.5, 0.6) is 0 Å². The largest absolute Gasteiger partial charge is 0.324 e. The van der Waals surface area contributed by atoms with E-state index in [4.69, 9.17) is 5.73 Å². The maximum Gasteiger partial charge on any atom is 0.0355 e. The highest BCUT2D eigenvalue weighted by Gasteiger charge is 2.11. The lowest BCUT2D eigenvalue weighted by molar-refractivity contribution is 0.721. The number of nitrogens with two attached hydrogens (primary N) is 1. The first kappa shape index (κ1) is 10.8. The second-order valence-electron chi connectivity index (χ2n) is 3.34. The molecule has 1 unspecified atom stereocenters. The van der Waals surface area contributed by atoms with Crippen LogP contribution in [-0.2, 0) is 6.42 Å². The highest BCUT2D eigenvalue weighted by molar-refractivity contribution is 9.10. The minimum atomic E-state index is 0.0491. The van der Waals surface area contributed by atoms with Gasteiger partial charge in [0.2, 0.25) is 0 Å². The summed E-state index contributed by atoms with van der Waals surface area (Å²) in [6.45, 7) is 0. The molecule has 0 bridgehead atoms. The van der Waals surface area contributed by atoms with Crippen LogP contribution in [0, 0.1) is 0 Å². The van der Waals surface area contributed by atoms with Crippen LogP contribution in [0.4, 0.5) is 0 Å². The standard InChI is InChI=1S/C11H11BrN2S/c12-10-7-15-6-9(10)11(13)5-8-1-3-14-4-2-8/h1-4,6-7,11H,5,13H2. The molecule has 0 aliphatic carbocycles. The summed E-state index contributed by atoms with van der Waals surface area (Å²) in [5, 5.41) is 4.15. The maximum absolute atomic E-state index is 6.13. The lowest BCUT2D eigenvalue weighted by atomic mass is 10.0. The van der Waals surface area contributed by atoms with Gasteiger partial charge >= 0.3 is 0 Å². The Hall–Kier alpha value is -0.710. The second kappa shape index (κ2) is 4.88. The van der Waals surface area contributed by atoms with E-state index in [9.17, 15) is 0 Å². The van der Waals surface area contributed by atoms with Crippen LogP contribution in [-0.4, -0.2) is 4.98 Å². The zero-order valence-electron chi connectivity index (χ0n) is 8.06. The van der Waals surface area contributed by atoms with Crippen LogP contribution in [0.2, 0.25) is 0 Å². The molecule has 2 aromatic heterocycles. The first-order valence-electron chi connectivity index (χ1n) is 4.63. The lowest BCUT2D eigenvalue weighted by Crippen LogP contribution is -2.12.